The smallest absolute Gasteiger partial charge is 0.120 e. The van der Waals surface area contributed by atoms with Crippen LogP contribution in [0, 0.1) is 5.41 Å². The third-order valence-electron chi connectivity index (χ3n) is 3.59. The number of hydrogen-bond donors (Lipinski definition) is 0. The summed E-state index contributed by atoms with van der Waals surface area (Å²) in [7, 11) is 0. The molecular weight excluding hydrogens is 272 g/mol. The molecule has 0 bridgehead atoms. The highest BCUT2D eigenvalue weighted by molar-refractivity contribution is 6.30. The average Bonchev–Trinajstić information content (AvgIpc) is 3.25. The quantitative estimate of drug-likeness (QED) is 0.775. The second kappa shape index (κ2) is 5.76. The van der Waals surface area contributed by atoms with Gasteiger partial charge in [-0.3, -0.25) is 0 Å². The molecule has 3 heteroatoms. The zero-order valence-electron chi connectivity index (χ0n) is 11.2. The topological polar surface area (TPSA) is 18.5 Å². The molecule has 0 atom stereocenters. The highest BCUT2D eigenvalue weighted by Crippen LogP contribution is 2.46. The van der Waals surface area contributed by atoms with Crippen molar-refractivity contribution in [2.45, 2.75) is 12.8 Å². The molecule has 2 aromatic carbocycles. The van der Waals surface area contributed by atoms with E-state index in [1.54, 1.807) is 0 Å². The Morgan fingerprint density at radius 1 is 0.850 bits per heavy atom. The van der Waals surface area contributed by atoms with Crippen molar-refractivity contribution in [2.75, 3.05) is 13.2 Å². The van der Waals surface area contributed by atoms with Gasteiger partial charge in [0.05, 0.1) is 13.2 Å². The minimum Gasteiger partial charge on any atom is -0.493 e. The van der Waals surface area contributed by atoms with Crippen LogP contribution in [0.3, 0.4) is 0 Å². The van der Waals surface area contributed by atoms with Crippen molar-refractivity contribution in [3.8, 4) is 11.5 Å². The highest BCUT2D eigenvalue weighted by atomic mass is 35.5. The first-order valence-corrected chi connectivity index (χ1v) is 7.20. The maximum atomic E-state index is 5.95. The monoisotopic (exact) mass is 288 g/mol. The van der Waals surface area contributed by atoms with Gasteiger partial charge in [0, 0.05) is 10.4 Å². The van der Waals surface area contributed by atoms with E-state index < -0.39 is 0 Å². The number of para-hydroxylation sites is 1. The van der Waals surface area contributed by atoms with Gasteiger partial charge in [-0.2, -0.15) is 0 Å². The molecule has 0 heterocycles. The SMILES string of the molecule is Clc1cccc(OCC2(COc3ccccc3)CC2)c1. The minimum absolute atomic E-state index is 0.165. The van der Waals surface area contributed by atoms with Crippen molar-refractivity contribution in [1.82, 2.24) is 0 Å². The Bertz CT molecular complexity index is 564. The van der Waals surface area contributed by atoms with Crippen LogP contribution >= 0.6 is 11.6 Å². The van der Waals surface area contributed by atoms with Crippen LogP contribution in [-0.4, -0.2) is 13.2 Å². The van der Waals surface area contributed by atoms with Crippen molar-refractivity contribution in [1.29, 1.82) is 0 Å². The van der Waals surface area contributed by atoms with Gasteiger partial charge in [0.25, 0.3) is 0 Å². The van der Waals surface area contributed by atoms with Crippen LogP contribution in [-0.2, 0) is 0 Å². The van der Waals surface area contributed by atoms with Crippen LogP contribution in [0.1, 0.15) is 12.8 Å². The fourth-order valence-corrected chi connectivity index (χ4v) is 2.23. The van der Waals surface area contributed by atoms with E-state index in [1.807, 2.05) is 54.6 Å². The van der Waals surface area contributed by atoms with E-state index >= 15 is 0 Å². The van der Waals surface area contributed by atoms with E-state index in [0.717, 1.165) is 24.3 Å². The van der Waals surface area contributed by atoms with E-state index in [1.165, 1.54) is 0 Å². The third kappa shape index (κ3) is 3.45. The first-order chi connectivity index (χ1) is 9.76. The molecule has 0 aliphatic heterocycles. The summed E-state index contributed by atoms with van der Waals surface area (Å²) in [6, 6.07) is 17.4. The average molecular weight is 289 g/mol. The van der Waals surface area contributed by atoms with E-state index in [-0.39, 0.29) is 5.41 Å². The fourth-order valence-electron chi connectivity index (χ4n) is 2.05. The van der Waals surface area contributed by atoms with Gasteiger partial charge in [-0.1, -0.05) is 35.9 Å². The molecule has 2 nitrogen and oxygen atoms in total. The van der Waals surface area contributed by atoms with Crippen LogP contribution in [0.15, 0.2) is 54.6 Å². The van der Waals surface area contributed by atoms with Crippen LogP contribution in [0.4, 0.5) is 0 Å². The maximum Gasteiger partial charge on any atom is 0.120 e. The summed E-state index contributed by atoms with van der Waals surface area (Å²) < 4.78 is 11.7. The molecule has 104 valence electrons. The largest absolute Gasteiger partial charge is 0.493 e. The predicted octanol–water partition coefficient (Wildman–Crippen LogP) is 4.58. The number of benzene rings is 2. The lowest BCUT2D eigenvalue weighted by Gasteiger charge is -2.17. The Morgan fingerprint density at radius 3 is 2.15 bits per heavy atom. The Kier molecular flexibility index (Phi) is 3.83. The molecule has 20 heavy (non-hydrogen) atoms. The summed E-state index contributed by atoms with van der Waals surface area (Å²) in [5.41, 5.74) is 0.165. The minimum atomic E-state index is 0.165. The maximum absolute atomic E-state index is 5.95. The predicted molar refractivity (Wildman–Crippen MR) is 80.6 cm³/mol. The van der Waals surface area contributed by atoms with Crippen LogP contribution in [0.5, 0.6) is 11.5 Å². The summed E-state index contributed by atoms with van der Waals surface area (Å²) in [6.45, 7) is 1.39. The van der Waals surface area contributed by atoms with E-state index in [4.69, 9.17) is 21.1 Å². The van der Waals surface area contributed by atoms with Crippen molar-refractivity contribution in [3.63, 3.8) is 0 Å². The van der Waals surface area contributed by atoms with Gasteiger partial charge in [0.2, 0.25) is 0 Å². The lowest BCUT2D eigenvalue weighted by molar-refractivity contribution is 0.160. The van der Waals surface area contributed by atoms with Gasteiger partial charge in [-0.05, 0) is 43.2 Å². The number of ether oxygens (including phenoxy) is 2. The fraction of sp³-hybridized carbons (Fsp3) is 0.294. The van der Waals surface area contributed by atoms with E-state index in [2.05, 4.69) is 0 Å². The molecule has 0 saturated heterocycles. The first kappa shape index (κ1) is 13.3. The van der Waals surface area contributed by atoms with Crippen molar-refractivity contribution >= 4 is 11.6 Å². The molecule has 1 aliphatic rings. The molecule has 1 saturated carbocycles. The van der Waals surface area contributed by atoms with Gasteiger partial charge in [0.15, 0.2) is 0 Å². The van der Waals surface area contributed by atoms with E-state index in [0.29, 0.717) is 18.2 Å². The van der Waals surface area contributed by atoms with Gasteiger partial charge in [-0.15, -0.1) is 0 Å². The second-order valence-corrected chi connectivity index (χ2v) is 5.78. The van der Waals surface area contributed by atoms with E-state index in [9.17, 15) is 0 Å². The zero-order chi connectivity index (χ0) is 13.8. The summed E-state index contributed by atoms with van der Waals surface area (Å²) in [5.74, 6) is 1.74. The molecule has 1 fully saturated rings. The van der Waals surface area contributed by atoms with Crippen LogP contribution in [0.2, 0.25) is 5.02 Å². The molecule has 0 aromatic heterocycles. The first-order valence-electron chi connectivity index (χ1n) is 6.82. The normalized spacial score (nSPS) is 15.7. The summed E-state index contributed by atoms with van der Waals surface area (Å²) in [6.07, 6.45) is 2.31. The van der Waals surface area contributed by atoms with Gasteiger partial charge in [0.1, 0.15) is 11.5 Å². The Balaban J connectivity index is 1.52. The molecule has 0 radical (unpaired) electrons. The number of halogens is 1. The lowest BCUT2D eigenvalue weighted by Crippen LogP contribution is -2.21. The zero-order valence-corrected chi connectivity index (χ0v) is 12.0. The van der Waals surface area contributed by atoms with Gasteiger partial charge < -0.3 is 9.47 Å². The molecule has 2 aromatic rings. The Morgan fingerprint density at radius 2 is 1.50 bits per heavy atom. The Hall–Kier alpha value is -1.67. The highest BCUT2D eigenvalue weighted by Gasteiger charge is 2.44. The lowest BCUT2D eigenvalue weighted by atomic mass is 10.1. The van der Waals surface area contributed by atoms with Crippen molar-refractivity contribution < 1.29 is 9.47 Å². The number of rotatable bonds is 6. The summed E-state index contributed by atoms with van der Waals surface area (Å²) in [5, 5.41) is 0.702. The van der Waals surface area contributed by atoms with Crippen LogP contribution < -0.4 is 9.47 Å². The molecule has 0 N–H and O–H groups in total. The summed E-state index contributed by atoms with van der Waals surface area (Å²) >= 11 is 5.95. The molecule has 0 unspecified atom stereocenters. The second-order valence-electron chi connectivity index (χ2n) is 5.35. The standard InChI is InChI=1S/C17H17ClO2/c18-14-5-4-8-16(11-14)20-13-17(9-10-17)12-19-15-6-2-1-3-7-15/h1-8,11H,9-10,12-13H2. The van der Waals surface area contributed by atoms with Crippen molar-refractivity contribution in [2.24, 2.45) is 5.41 Å². The van der Waals surface area contributed by atoms with Gasteiger partial charge >= 0.3 is 0 Å². The summed E-state index contributed by atoms with van der Waals surface area (Å²) in [4.78, 5) is 0. The van der Waals surface area contributed by atoms with Gasteiger partial charge in [-0.25, -0.2) is 0 Å². The Labute approximate surface area is 124 Å². The third-order valence-corrected chi connectivity index (χ3v) is 3.82. The van der Waals surface area contributed by atoms with Crippen LogP contribution in [0.25, 0.3) is 0 Å². The number of hydrogen-bond acceptors (Lipinski definition) is 2. The molecule has 0 spiro atoms. The molecule has 0 amide bonds. The van der Waals surface area contributed by atoms with Crippen molar-refractivity contribution in [3.05, 3.63) is 59.6 Å². The molecular formula is C17H17ClO2. The molecule has 1 aliphatic carbocycles. The molecule has 3 rings (SSSR count).